The zero-order valence-electron chi connectivity index (χ0n) is 17.7. The fraction of sp³-hybridized carbons (Fsp3) is 0.217. The first-order valence-corrected chi connectivity index (χ1v) is 11.6. The number of thioether (sulfide) groups is 1. The van der Waals surface area contributed by atoms with Crippen LogP contribution in [-0.4, -0.2) is 21.0 Å². The smallest absolute Gasteiger partial charge is 0.260 e. The highest BCUT2D eigenvalue weighted by Gasteiger charge is 2.18. The minimum atomic E-state index is -0.224. The van der Waals surface area contributed by atoms with Crippen molar-refractivity contribution in [1.82, 2.24) is 15.1 Å². The fourth-order valence-corrected chi connectivity index (χ4v) is 5.10. The van der Waals surface area contributed by atoms with Crippen LogP contribution in [0.25, 0.3) is 11.3 Å². The van der Waals surface area contributed by atoms with Crippen molar-refractivity contribution in [3.63, 3.8) is 0 Å². The Labute approximate surface area is 189 Å². The molecule has 158 valence electrons. The fourth-order valence-electron chi connectivity index (χ4n) is 3.12. The molecule has 0 atom stereocenters. The van der Waals surface area contributed by atoms with Crippen LogP contribution < -0.4 is 5.32 Å². The van der Waals surface area contributed by atoms with Gasteiger partial charge in [0.2, 0.25) is 0 Å². The van der Waals surface area contributed by atoms with Gasteiger partial charge in [-0.25, -0.2) is 9.97 Å². The number of carbonyl (C=O) groups excluding carboxylic acids is 1. The summed E-state index contributed by atoms with van der Waals surface area (Å²) in [7, 11) is 0. The van der Waals surface area contributed by atoms with Gasteiger partial charge in [-0.3, -0.25) is 10.1 Å². The van der Waals surface area contributed by atoms with Crippen LogP contribution in [0, 0.1) is 27.7 Å². The Morgan fingerprint density at radius 1 is 1.13 bits per heavy atom. The first kappa shape index (κ1) is 21.3. The molecule has 0 spiro atoms. The summed E-state index contributed by atoms with van der Waals surface area (Å²) < 4.78 is 5.23. The number of aromatic nitrogens is 3. The van der Waals surface area contributed by atoms with Crippen molar-refractivity contribution in [1.29, 1.82) is 0 Å². The van der Waals surface area contributed by atoms with Crippen molar-refractivity contribution in [2.45, 2.75) is 38.5 Å². The number of rotatable bonds is 6. The molecule has 0 aliphatic heterocycles. The Bertz CT molecular complexity index is 1210. The SMILES string of the molecule is Cc1ccc(-c2nc(NC(=O)c3cccnc3SCc3c(C)noc3C)sc2C)cc1. The van der Waals surface area contributed by atoms with E-state index < -0.39 is 0 Å². The quantitative estimate of drug-likeness (QED) is 0.364. The largest absolute Gasteiger partial charge is 0.361 e. The maximum Gasteiger partial charge on any atom is 0.260 e. The summed E-state index contributed by atoms with van der Waals surface area (Å²) in [5.74, 6) is 1.19. The Hall–Kier alpha value is -2.97. The van der Waals surface area contributed by atoms with Crippen LogP contribution in [0.2, 0.25) is 0 Å². The predicted molar refractivity (Wildman–Crippen MR) is 125 cm³/mol. The molecule has 0 fully saturated rings. The molecule has 0 saturated heterocycles. The number of pyridine rings is 1. The van der Waals surface area contributed by atoms with E-state index >= 15 is 0 Å². The Balaban J connectivity index is 1.52. The monoisotopic (exact) mass is 450 g/mol. The second-order valence-corrected chi connectivity index (χ2v) is 9.36. The molecule has 3 aromatic heterocycles. The van der Waals surface area contributed by atoms with Crippen molar-refractivity contribution in [2.24, 2.45) is 0 Å². The summed E-state index contributed by atoms with van der Waals surface area (Å²) in [6.45, 7) is 7.86. The zero-order chi connectivity index (χ0) is 22.0. The lowest BCUT2D eigenvalue weighted by Crippen LogP contribution is -2.13. The summed E-state index contributed by atoms with van der Waals surface area (Å²) in [5.41, 5.74) is 5.53. The van der Waals surface area contributed by atoms with E-state index in [1.165, 1.54) is 28.7 Å². The lowest BCUT2D eigenvalue weighted by Gasteiger charge is -2.07. The van der Waals surface area contributed by atoms with Crippen molar-refractivity contribution in [3.8, 4) is 11.3 Å². The van der Waals surface area contributed by atoms with Crippen LogP contribution in [0.5, 0.6) is 0 Å². The van der Waals surface area contributed by atoms with E-state index in [9.17, 15) is 4.79 Å². The van der Waals surface area contributed by atoms with Crippen LogP contribution in [0.15, 0.2) is 52.1 Å². The molecule has 0 radical (unpaired) electrons. The topological polar surface area (TPSA) is 80.9 Å². The third kappa shape index (κ3) is 4.70. The first-order chi connectivity index (χ1) is 14.9. The van der Waals surface area contributed by atoms with Crippen molar-refractivity contribution in [3.05, 3.63) is 75.6 Å². The third-order valence-electron chi connectivity index (χ3n) is 4.89. The maximum absolute atomic E-state index is 13.0. The Morgan fingerprint density at radius 2 is 1.90 bits per heavy atom. The Kier molecular flexibility index (Phi) is 6.20. The second-order valence-electron chi connectivity index (χ2n) is 7.19. The van der Waals surface area contributed by atoms with Crippen LogP contribution in [0.1, 0.15) is 37.8 Å². The third-order valence-corrected chi connectivity index (χ3v) is 6.81. The highest BCUT2D eigenvalue weighted by Crippen LogP contribution is 2.32. The van der Waals surface area contributed by atoms with Crippen LogP contribution in [0.4, 0.5) is 5.13 Å². The summed E-state index contributed by atoms with van der Waals surface area (Å²) in [5, 5.41) is 8.16. The van der Waals surface area contributed by atoms with Gasteiger partial charge in [-0.15, -0.1) is 23.1 Å². The molecule has 1 N–H and O–H groups in total. The van der Waals surface area contributed by atoms with Crippen molar-refractivity contribution < 1.29 is 9.32 Å². The highest BCUT2D eigenvalue weighted by atomic mass is 32.2. The molecule has 0 aliphatic carbocycles. The molecule has 8 heteroatoms. The molecule has 4 rings (SSSR count). The minimum absolute atomic E-state index is 0.224. The van der Waals surface area contributed by atoms with E-state index in [4.69, 9.17) is 4.52 Å². The second kappa shape index (κ2) is 9.03. The van der Waals surface area contributed by atoms with E-state index in [0.29, 0.717) is 21.5 Å². The van der Waals surface area contributed by atoms with E-state index in [-0.39, 0.29) is 5.91 Å². The van der Waals surface area contributed by atoms with Crippen LogP contribution >= 0.6 is 23.1 Å². The number of amides is 1. The van der Waals surface area contributed by atoms with Gasteiger partial charge in [0.1, 0.15) is 10.8 Å². The zero-order valence-corrected chi connectivity index (χ0v) is 19.4. The van der Waals surface area contributed by atoms with Gasteiger partial charge in [-0.2, -0.15) is 0 Å². The lowest BCUT2D eigenvalue weighted by atomic mass is 10.1. The lowest BCUT2D eigenvalue weighted by molar-refractivity contribution is 0.102. The number of carbonyl (C=O) groups is 1. The predicted octanol–water partition coefficient (Wildman–Crippen LogP) is 5.97. The van der Waals surface area contributed by atoms with Crippen LogP contribution in [0.3, 0.4) is 0 Å². The molecule has 0 unspecified atom stereocenters. The number of anilines is 1. The molecule has 0 aliphatic rings. The van der Waals surface area contributed by atoms with Gasteiger partial charge < -0.3 is 4.52 Å². The number of thiazole rings is 1. The molecule has 6 nitrogen and oxygen atoms in total. The van der Waals surface area contributed by atoms with Crippen LogP contribution in [-0.2, 0) is 5.75 Å². The molecule has 4 aromatic rings. The number of nitrogens with zero attached hydrogens (tertiary/aromatic N) is 3. The number of hydrogen-bond donors (Lipinski definition) is 1. The maximum atomic E-state index is 13.0. The van der Waals surface area contributed by atoms with Gasteiger partial charge in [-0.05, 0) is 39.8 Å². The standard InChI is InChI=1S/C23H22N4O2S2/c1-13-7-9-17(10-8-13)20-16(4)31-23(25-20)26-21(28)18-6-5-11-24-22(18)30-12-19-14(2)27-29-15(19)3/h5-11H,12H2,1-4H3,(H,25,26,28). The van der Waals surface area contributed by atoms with E-state index in [2.05, 4.69) is 39.5 Å². The van der Waals surface area contributed by atoms with E-state index in [1.54, 1.807) is 18.3 Å². The number of aryl methyl sites for hydroxylation is 4. The molecule has 3 heterocycles. The molecular weight excluding hydrogens is 428 g/mol. The molecule has 1 aromatic carbocycles. The Morgan fingerprint density at radius 3 is 2.61 bits per heavy atom. The van der Waals surface area contributed by atoms with Gasteiger partial charge >= 0.3 is 0 Å². The average molecular weight is 451 g/mol. The number of hydrogen-bond acceptors (Lipinski definition) is 7. The summed E-state index contributed by atoms with van der Waals surface area (Å²) >= 11 is 2.96. The van der Waals surface area contributed by atoms with Gasteiger partial charge in [0.25, 0.3) is 5.91 Å². The summed E-state index contributed by atoms with van der Waals surface area (Å²) in [6.07, 6.45) is 1.69. The molecule has 31 heavy (non-hydrogen) atoms. The summed E-state index contributed by atoms with van der Waals surface area (Å²) in [4.78, 5) is 23.1. The molecule has 0 bridgehead atoms. The van der Waals surface area contributed by atoms with Crippen molar-refractivity contribution in [2.75, 3.05) is 5.32 Å². The normalized spacial score (nSPS) is 11.0. The van der Waals surface area contributed by atoms with Gasteiger partial charge in [0, 0.05) is 28.0 Å². The number of benzene rings is 1. The highest BCUT2D eigenvalue weighted by molar-refractivity contribution is 7.98. The first-order valence-electron chi connectivity index (χ1n) is 9.77. The van der Waals surface area contributed by atoms with E-state index in [1.807, 2.05) is 32.9 Å². The van der Waals surface area contributed by atoms with Crippen molar-refractivity contribution >= 4 is 34.1 Å². The average Bonchev–Trinajstić information content (AvgIpc) is 3.28. The molecular formula is C23H22N4O2S2. The van der Waals surface area contributed by atoms with E-state index in [0.717, 1.165) is 33.2 Å². The summed E-state index contributed by atoms with van der Waals surface area (Å²) in [6, 6.07) is 11.8. The number of nitrogens with one attached hydrogen (secondary N) is 1. The minimum Gasteiger partial charge on any atom is -0.361 e. The van der Waals surface area contributed by atoms with Gasteiger partial charge in [0.15, 0.2) is 5.13 Å². The molecule has 1 amide bonds. The molecule has 0 saturated carbocycles. The van der Waals surface area contributed by atoms with Gasteiger partial charge in [0.05, 0.1) is 17.0 Å². The van der Waals surface area contributed by atoms with Gasteiger partial charge in [-0.1, -0.05) is 35.0 Å².